The van der Waals surface area contributed by atoms with Gasteiger partial charge < -0.3 is 5.32 Å². The maximum atomic E-state index is 4.78. The van der Waals surface area contributed by atoms with Crippen LogP contribution in [0.5, 0.6) is 0 Å². The average molecular weight is 266 g/mol. The SMILES string of the molecule is CCC(C)CC(CC)(NC1CC1)c1nc(C)cs1. The minimum absolute atomic E-state index is 0.121. The fourth-order valence-electron chi connectivity index (χ4n) is 2.54. The van der Waals surface area contributed by atoms with Gasteiger partial charge in [0.05, 0.1) is 5.54 Å². The molecule has 1 aromatic rings. The Hall–Kier alpha value is -0.410. The molecule has 2 atom stereocenters. The van der Waals surface area contributed by atoms with Crippen LogP contribution in [0, 0.1) is 12.8 Å². The first-order valence-electron chi connectivity index (χ1n) is 7.30. The van der Waals surface area contributed by atoms with Crippen LogP contribution in [0.1, 0.15) is 63.6 Å². The Morgan fingerprint density at radius 2 is 2.22 bits per heavy atom. The summed E-state index contributed by atoms with van der Waals surface area (Å²) in [5, 5.41) is 7.38. The van der Waals surface area contributed by atoms with Gasteiger partial charge in [-0.05, 0) is 38.5 Å². The van der Waals surface area contributed by atoms with Crippen molar-refractivity contribution in [3.63, 3.8) is 0 Å². The van der Waals surface area contributed by atoms with Crippen molar-refractivity contribution in [2.45, 2.75) is 71.4 Å². The summed E-state index contributed by atoms with van der Waals surface area (Å²) in [6, 6.07) is 0.734. The molecule has 0 amide bonds. The van der Waals surface area contributed by atoms with Crippen LogP contribution >= 0.6 is 11.3 Å². The zero-order valence-electron chi connectivity index (χ0n) is 12.1. The normalized spacial score (nSPS) is 20.7. The molecule has 18 heavy (non-hydrogen) atoms. The van der Waals surface area contributed by atoms with E-state index in [2.05, 4.69) is 38.4 Å². The Kier molecular flexibility index (Phi) is 4.44. The topological polar surface area (TPSA) is 24.9 Å². The van der Waals surface area contributed by atoms with Gasteiger partial charge in [-0.25, -0.2) is 4.98 Å². The molecule has 0 saturated heterocycles. The molecule has 2 rings (SSSR count). The average Bonchev–Trinajstić information content (AvgIpc) is 3.07. The molecule has 1 aromatic heterocycles. The molecule has 2 unspecified atom stereocenters. The fourth-order valence-corrected chi connectivity index (χ4v) is 3.58. The van der Waals surface area contributed by atoms with Gasteiger partial charge in [0.25, 0.3) is 0 Å². The summed E-state index contributed by atoms with van der Waals surface area (Å²) in [4.78, 5) is 4.78. The highest BCUT2D eigenvalue weighted by atomic mass is 32.1. The van der Waals surface area contributed by atoms with Gasteiger partial charge in [-0.3, -0.25) is 0 Å². The third-order valence-electron chi connectivity index (χ3n) is 4.08. The maximum Gasteiger partial charge on any atom is 0.113 e. The lowest BCUT2D eigenvalue weighted by molar-refractivity contribution is 0.246. The number of rotatable bonds is 7. The lowest BCUT2D eigenvalue weighted by Crippen LogP contribution is -2.44. The largest absolute Gasteiger partial charge is 0.303 e. The molecule has 0 radical (unpaired) electrons. The molecule has 1 saturated carbocycles. The van der Waals surface area contributed by atoms with E-state index in [0.29, 0.717) is 0 Å². The molecule has 1 aliphatic rings. The van der Waals surface area contributed by atoms with Crippen LogP contribution in [0.4, 0.5) is 0 Å². The predicted molar refractivity (Wildman–Crippen MR) is 79.0 cm³/mol. The van der Waals surface area contributed by atoms with E-state index >= 15 is 0 Å². The minimum Gasteiger partial charge on any atom is -0.303 e. The maximum absolute atomic E-state index is 4.78. The molecule has 1 N–H and O–H groups in total. The Labute approximate surface area is 115 Å². The third kappa shape index (κ3) is 3.12. The molecule has 1 aliphatic carbocycles. The van der Waals surface area contributed by atoms with Gasteiger partial charge in [0, 0.05) is 17.1 Å². The van der Waals surface area contributed by atoms with E-state index in [1.54, 1.807) is 0 Å². The molecule has 0 aromatic carbocycles. The van der Waals surface area contributed by atoms with E-state index in [9.17, 15) is 0 Å². The molecule has 1 heterocycles. The zero-order chi connectivity index (χ0) is 13.2. The molecular formula is C15H26N2S. The number of aromatic nitrogens is 1. The van der Waals surface area contributed by atoms with Gasteiger partial charge in [0.15, 0.2) is 0 Å². The molecule has 0 aliphatic heterocycles. The molecule has 2 nitrogen and oxygen atoms in total. The molecular weight excluding hydrogens is 240 g/mol. The number of nitrogens with one attached hydrogen (secondary N) is 1. The van der Waals surface area contributed by atoms with Crippen molar-refractivity contribution in [1.29, 1.82) is 0 Å². The number of thiazole rings is 1. The van der Waals surface area contributed by atoms with Crippen LogP contribution in [-0.4, -0.2) is 11.0 Å². The van der Waals surface area contributed by atoms with E-state index in [-0.39, 0.29) is 5.54 Å². The van der Waals surface area contributed by atoms with Gasteiger partial charge in [-0.15, -0.1) is 11.3 Å². The number of nitrogens with zero attached hydrogens (tertiary/aromatic N) is 1. The summed E-state index contributed by atoms with van der Waals surface area (Å²) in [6.45, 7) is 9.05. The van der Waals surface area contributed by atoms with Crippen LogP contribution in [0.15, 0.2) is 5.38 Å². The van der Waals surface area contributed by atoms with Crippen LogP contribution < -0.4 is 5.32 Å². The van der Waals surface area contributed by atoms with Crippen molar-refractivity contribution in [3.05, 3.63) is 16.1 Å². The fraction of sp³-hybridized carbons (Fsp3) is 0.800. The molecule has 3 heteroatoms. The third-order valence-corrected chi connectivity index (χ3v) is 5.25. The summed E-state index contributed by atoms with van der Waals surface area (Å²) < 4.78 is 0. The molecule has 0 bridgehead atoms. The van der Waals surface area contributed by atoms with Crippen LogP contribution in [0.3, 0.4) is 0 Å². The number of aryl methyl sites for hydroxylation is 1. The van der Waals surface area contributed by atoms with E-state index in [4.69, 9.17) is 4.98 Å². The lowest BCUT2D eigenvalue weighted by Gasteiger charge is -2.34. The van der Waals surface area contributed by atoms with Crippen molar-refractivity contribution in [1.82, 2.24) is 10.3 Å². The van der Waals surface area contributed by atoms with E-state index < -0.39 is 0 Å². The highest BCUT2D eigenvalue weighted by molar-refractivity contribution is 7.09. The van der Waals surface area contributed by atoms with Gasteiger partial charge >= 0.3 is 0 Å². The monoisotopic (exact) mass is 266 g/mol. The van der Waals surface area contributed by atoms with Gasteiger partial charge in [0.1, 0.15) is 5.01 Å². The van der Waals surface area contributed by atoms with Crippen LogP contribution in [0.25, 0.3) is 0 Å². The number of hydrogen-bond acceptors (Lipinski definition) is 3. The Morgan fingerprint density at radius 1 is 1.50 bits per heavy atom. The van der Waals surface area contributed by atoms with Crippen LogP contribution in [-0.2, 0) is 5.54 Å². The highest BCUT2D eigenvalue weighted by Crippen LogP contribution is 2.38. The predicted octanol–water partition coefficient (Wildman–Crippen LogP) is 4.25. The minimum atomic E-state index is 0.121. The van der Waals surface area contributed by atoms with Gasteiger partial charge in [-0.2, -0.15) is 0 Å². The number of hydrogen-bond donors (Lipinski definition) is 1. The van der Waals surface area contributed by atoms with E-state index in [1.165, 1.54) is 30.7 Å². The van der Waals surface area contributed by atoms with E-state index in [1.807, 2.05) is 11.3 Å². The molecule has 102 valence electrons. The Balaban J connectivity index is 2.23. The van der Waals surface area contributed by atoms with Crippen molar-refractivity contribution in [2.24, 2.45) is 5.92 Å². The first kappa shape index (κ1) is 14.0. The van der Waals surface area contributed by atoms with Gasteiger partial charge in [-0.1, -0.05) is 27.2 Å². The molecule has 0 spiro atoms. The van der Waals surface area contributed by atoms with Crippen molar-refractivity contribution in [3.8, 4) is 0 Å². The summed E-state index contributed by atoms with van der Waals surface area (Å²) in [7, 11) is 0. The van der Waals surface area contributed by atoms with E-state index in [0.717, 1.165) is 24.1 Å². The smallest absolute Gasteiger partial charge is 0.113 e. The summed E-state index contributed by atoms with van der Waals surface area (Å²) in [6.07, 6.45) is 6.28. The summed E-state index contributed by atoms with van der Waals surface area (Å²) in [5.74, 6) is 0.750. The zero-order valence-corrected chi connectivity index (χ0v) is 12.9. The van der Waals surface area contributed by atoms with Crippen LogP contribution in [0.2, 0.25) is 0 Å². The summed E-state index contributed by atoms with van der Waals surface area (Å²) in [5.41, 5.74) is 1.28. The lowest BCUT2D eigenvalue weighted by atomic mass is 9.85. The standard InChI is InChI=1S/C15H26N2S/c1-5-11(3)9-15(6-2,17-13-7-8-13)14-16-12(4)10-18-14/h10-11,13,17H,5-9H2,1-4H3. The van der Waals surface area contributed by atoms with Crippen molar-refractivity contribution in [2.75, 3.05) is 0 Å². The summed E-state index contributed by atoms with van der Waals surface area (Å²) >= 11 is 1.83. The first-order chi connectivity index (χ1) is 8.59. The van der Waals surface area contributed by atoms with Crippen molar-refractivity contribution >= 4 is 11.3 Å². The first-order valence-corrected chi connectivity index (χ1v) is 8.18. The van der Waals surface area contributed by atoms with Gasteiger partial charge in [0.2, 0.25) is 0 Å². The Bertz CT molecular complexity index is 384. The quantitative estimate of drug-likeness (QED) is 0.798. The Morgan fingerprint density at radius 3 is 2.67 bits per heavy atom. The van der Waals surface area contributed by atoms with Crippen molar-refractivity contribution < 1.29 is 0 Å². The second-order valence-electron chi connectivity index (χ2n) is 5.87. The second kappa shape index (κ2) is 5.70. The molecule has 1 fully saturated rings. The second-order valence-corrected chi connectivity index (χ2v) is 6.72. The highest BCUT2D eigenvalue weighted by Gasteiger charge is 2.39.